The van der Waals surface area contributed by atoms with Crippen LogP contribution in [0.1, 0.15) is 45.2 Å². The van der Waals surface area contributed by atoms with Gasteiger partial charge in [0, 0.05) is 24.1 Å². The lowest BCUT2D eigenvalue weighted by atomic mass is 9.91. The van der Waals surface area contributed by atoms with Crippen LogP contribution in [0.15, 0.2) is 24.3 Å². The first-order valence-electron chi connectivity index (χ1n) is 7.80. The smallest absolute Gasteiger partial charge is 0.124 e. The van der Waals surface area contributed by atoms with Crippen LogP contribution in [0.2, 0.25) is 0 Å². The number of benzene rings is 1. The Bertz CT molecular complexity index is 417. The van der Waals surface area contributed by atoms with Crippen molar-refractivity contribution in [3.63, 3.8) is 0 Å². The van der Waals surface area contributed by atoms with E-state index in [-0.39, 0.29) is 12.1 Å². The first-order valence-corrected chi connectivity index (χ1v) is 7.80. The molecule has 0 bridgehead atoms. The molecule has 0 spiro atoms. The molecule has 1 heterocycles. The minimum atomic E-state index is -0.271. The van der Waals surface area contributed by atoms with E-state index in [2.05, 4.69) is 32.2 Å². The van der Waals surface area contributed by atoms with E-state index < -0.39 is 0 Å². The number of nitrogens with one attached hydrogen (secondary N) is 1. The molecule has 0 amide bonds. The van der Waals surface area contributed by atoms with Gasteiger partial charge in [-0.25, -0.2) is 0 Å². The van der Waals surface area contributed by atoms with Crippen molar-refractivity contribution in [2.75, 3.05) is 13.2 Å². The topological polar surface area (TPSA) is 41.5 Å². The van der Waals surface area contributed by atoms with Crippen LogP contribution in [0.5, 0.6) is 5.75 Å². The van der Waals surface area contributed by atoms with E-state index >= 15 is 0 Å². The van der Waals surface area contributed by atoms with Crippen LogP contribution >= 0.6 is 0 Å². The molecule has 3 nitrogen and oxygen atoms in total. The zero-order chi connectivity index (χ0) is 14.5. The summed E-state index contributed by atoms with van der Waals surface area (Å²) in [5, 5.41) is 13.8. The molecule has 3 atom stereocenters. The van der Waals surface area contributed by atoms with Gasteiger partial charge in [-0.15, -0.1) is 0 Å². The van der Waals surface area contributed by atoms with Crippen molar-refractivity contribution in [3.05, 3.63) is 29.8 Å². The van der Waals surface area contributed by atoms with E-state index in [1.54, 1.807) is 0 Å². The molecule has 1 aliphatic heterocycles. The van der Waals surface area contributed by atoms with Crippen LogP contribution in [-0.2, 0) is 0 Å². The Morgan fingerprint density at radius 3 is 2.70 bits per heavy atom. The van der Waals surface area contributed by atoms with E-state index in [0.29, 0.717) is 18.4 Å². The Morgan fingerprint density at radius 2 is 2.00 bits per heavy atom. The Labute approximate surface area is 122 Å². The van der Waals surface area contributed by atoms with Gasteiger partial charge >= 0.3 is 0 Å². The molecular formula is C17H27NO2. The predicted molar refractivity (Wildman–Crippen MR) is 81.9 cm³/mol. The molecule has 1 aliphatic rings. The Morgan fingerprint density at radius 1 is 1.30 bits per heavy atom. The number of hydrogen-bond donors (Lipinski definition) is 2. The molecule has 0 aromatic heterocycles. The monoisotopic (exact) mass is 277 g/mol. The summed E-state index contributed by atoms with van der Waals surface area (Å²) in [6, 6.07) is 8.46. The summed E-state index contributed by atoms with van der Waals surface area (Å²) >= 11 is 0. The first kappa shape index (κ1) is 15.3. The molecule has 2 N–H and O–H groups in total. The maximum atomic E-state index is 10.3. The average Bonchev–Trinajstić information content (AvgIpc) is 2.47. The highest BCUT2D eigenvalue weighted by Gasteiger charge is 2.28. The van der Waals surface area contributed by atoms with Gasteiger partial charge in [0.15, 0.2) is 0 Å². The Balaban J connectivity index is 2.02. The third-order valence-electron chi connectivity index (χ3n) is 4.46. The highest BCUT2D eigenvalue weighted by atomic mass is 16.5. The fourth-order valence-corrected chi connectivity index (χ4v) is 3.05. The van der Waals surface area contributed by atoms with Crippen molar-refractivity contribution in [3.8, 4) is 5.75 Å². The van der Waals surface area contributed by atoms with E-state index in [9.17, 15) is 5.11 Å². The molecule has 3 heteroatoms. The SMILES string of the molecule is CCC(CC)C(O)CNC1c2ccccc2OCC1C. The summed E-state index contributed by atoms with van der Waals surface area (Å²) in [4.78, 5) is 0. The molecule has 0 radical (unpaired) electrons. The third-order valence-corrected chi connectivity index (χ3v) is 4.46. The number of aliphatic hydroxyl groups is 1. The molecule has 1 aromatic rings. The Hall–Kier alpha value is -1.06. The van der Waals surface area contributed by atoms with Gasteiger partial charge in [0.1, 0.15) is 5.75 Å². The highest BCUT2D eigenvalue weighted by molar-refractivity contribution is 5.37. The lowest BCUT2D eigenvalue weighted by molar-refractivity contribution is 0.0903. The van der Waals surface area contributed by atoms with Crippen molar-refractivity contribution < 1.29 is 9.84 Å². The third kappa shape index (κ3) is 3.33. The molecule has 112 valence electrons. The maximum Gasteiger partial charge on any atom is 0.124 e. The van der Waals surface area contributed by atoms with Crippen LogP contribution in [0, 0.1) is 11.8 Å². The minimum Gasteiger partial charge on any atom is -0.493 e. The van der Waals surface area contributed by atoms with Crippen molar-refractivity contribution in [1.29, 1.82) is 0 Å². The summed E-state index contributed by atoms with van der Waals surface area (Å²) in [6.07, 6.45) is 1.78. The Kier molecular flexibility index (Phi) is 5.44. The van der Waals surface area contributed by atoms with Gasteiger partial charge in [0.2, 0.25) is 0 Å². The summed E-state index contributed by atoms with van der Waals surface area (Å²) in [5.41, 5.74) is 1.21. The summed E-state index contributed by atoms with van der Waals surface area (Å²) in [6.45, 7) is 7.86. The lowest BCUT2D eigenvalue weighted by Crippen LogP contribution is -2.39. The molecule has 20 heavy (non-hydrogen) atoms. The summed E-state index contributed by atoms with van der Waals surface area (Å²) in [7, 11) is 0. The fourth-order valence-electron chi connectivity index (χ4n) is 3.05. The first-order chi connectivity index (χ1) is 9.67. The molecule has 1 aromatic carbocycles. The number of aliphatic hydroxyl groups excluding tert-OH is 1. The van der Waals surface area contributed by atoms with Gasteiger partial charge in [0.05, 0.1) is 12.7 Å². The summed E-state index contributed by atoms with van der Waals surface area (Å²) in [5.74, 6) is 1.77. The van der Waals surface area contributed by atoms with Gasteiger partial charge in [-0.3, -0.25) is 0 Å². The highest BCUT2D eigenvalue weighted by Crippen LogP contribution is 2.34. The molecule has 0 saturated heterocycles. The largest absolute Gasteiger partial charge is 0.493 e. The van der Waals surface area contributed by atoms with E-state index in [4.69, 9.17) is 4.74 Å². The van der Waals surface area contributed by atoms with E-state index in [1.807, 2.05) is 18.2 Å². The fraction of sp³-hybridized carbons (Fsp3) is 0.647. The zero-order valence-corrected chi connectivity index (χ0v) is 12.8. The second-order valence-electron chi connectivity index (χ2n) is 5.86. The van der Waals surface area contributed by atoms with Gasteiger partial charge in [0.25, 0.3) is 0 Å². The van der Waals surface area contributed by atoms with Gasteiger partial charge in [-0.1, -0.05) is 51.8 Å². The van der Waals surface area contributed by atoms with Crippen LogP contribution < -0.4 is 10.1 Å². The molecule has 2 rings (SSSR count). The van der Waals surface area contributed by atoms with Crippen LogP contribution in [-0.4, -0.2) is 24.4 Å². The second-order valence-corrected chi connectivity index (χ2v) is 5.86. The van der Waals surface area contributed by atoms with Crippen LogP contribution in [0.3, 0.4) is 0 Å². The number of hydrogen-bond acceptors (Lipinski definition) is 3. The maximum absolute atomic E-state index is 10.3. The number of rotatable bonds is 6. The van der Waals surface area contributed by atoms with Crippen molar-refractivity contribution >= 4 is 0 Å². The second kappa shape index (κ2) is 7.09. The summed E-state index contributed by atoms with van der Waals surface area (Å²) < 4.78 is 5.76. The van der Waals surface area contributed by atoms with Crippen LogP contribution in [0.4, 0.5) is 0 Å². The zero-order valence-electron chi connectivity index (χ0n) is 12.8. The molecule has 3 unspecified atom stereocenters. The van der Waals surface area contributed by atoms with Crippen LogP contribution in [0.25, 0.3) is 0 Å². The van der Waals surface area contributed by atoms with Crippen molar-refractivity contribution in [1.82, 2.24) is 5.32 Å². The number of para-hydroxylation sites is 1. The van der Waals surface area contributed by atoms with Crippen molar-refractivity contribution in [2.45, 2.75) is 45.8 Å². The van der Waals surface area contributed by atoms with E-state index in [1.165, 1.54) is 5.56 Å². The van der Waals surface area contributed by atoms with Gasteiger partial charge < -0.3 is 15.2 Å². The standard InChI is InChI=1S/C17H27NO2/c1-4-13(5-2)15(19)10-18-17-12(3)11-20-16-9-7-6-8-14(16)17/h6-9,12-13,15,17-19H,4-5,10-11H2,1-3H3. The van der Waals surface area contributed by atoms with Gasteiger partial charge in [-0.2, -0.15) is 0 Å². The van der Waals surface area contributed by atoms with Crippen molar-refractivity contribution in [2.24, 2.45) is 11.8 Å². The predicted octanol–water partition coefficient (Wildman–Crippen LogP) is 3.14. The lowest BCUT2D eigenvalue weighted by Gasteiger charge is -2.33. The normalized spacial score (nSPS) is 23.2. The molecule has 0 saturated carbocycles. The molecular weight excluding hydrogens is 250 g/mol. The quantitative estimate of drug-likeness (QED) is 0.839. The van der Waals surface area contributed by atoms with Gasteiger partial charge in [-0.05, 0) is 12.0 Å². The number of ether oxygens (including phenoxy) is 1. The average molecular weight is 277 g/mol. The molecule has 0 aliphatic carbocycles. The minimum absolute atomic E-state index is 0.268. The molecule has 0 fully saturated rings. The number of fused-ring (bicyclic) bond motifs is 1. The van der Waals surface area contributed by atoms with E-state index in [0.717, 1.165) is 25.2 Å².